The van der Waals surface area contributed by atoms with Crippen molar-refractivity contribution in [2.75, 3.05) is 31.1 Å². The first-order valence-corrected chi connectivity index (χ1v) is 17.4. The molecule has 2 aromatic heterocycles. The van der Waals surface area contributed by atoms with Crippen LogP contribution in [0, 0.1) is 0 Å². The average Bonchev–Trinajstić information content (AvgIpc) is 3.32. The molecule has 2 aromatic carbocycles. The van der Waals surface area contributed by atoms with E-state index in [0.29, 0.717) is 36.0 Å². The van der Waals surface area contributed by atoms with Crippen LogP contribution in [0.5, 0.6) is 5.75 Å². The molecule has 0 aliphatic carbocycles. The van der Waals surface area contributed by atoms with Gasteiger partial charge in [-0.3, -0.25) is 19.2 Å². The van der Waals surface area contributed by atoms with E-state index in [1.165, 1.54) is 4.90 Å². The Hall–Kier alpha value is -4.22. The van der Waals surface area contributed by atoms with Crippen molar-refractivity contribution in [1.29, 1.82) is 0 Å². The summed E-state index contributed by atoms with van der Waals surface area (Å²) in [5.41, 5.74) is 3.26. The van der Waals surface area contributed by atoms with E-state index in [-0.39, 0.29) is 32.3 Å². The lowest BCUT2D eigenvalue weighted by Gasteiger charge is -2.32. The molecule has 0 spiro atoms. The standard InChI is InChI=1S/C30H35N5O5Si/c1-41(2,3)18-17-39-21-35-28(23-9-11-24(12-10-23)40-20-22-7-5-4-6-8-22)31-25-13-14-26(32-29(25)35)34-16-15-33(30(37)38)19-27(34)36/h4-14H,15-21H2,1-3H3,(H,37,38). The minimum atomic E-state index is -1.27. The van der Waals surface area contributed by atoms with Gasteiger partial charge in [0, 0.05) is 33.3 Å². The monoisotopic (exact) mass is 573 g/mol. The lowest BCUT2D eigenvalue weighted by Crippen LogP contribution is -2.52. The van der Waals surface area contributed by atoms with Crippen molar-refractivity contribution in [3.8, 4) is 17.1 Å². The first-order valence-electron chi connectivity index (χ1n) is 13.7. The van der Waals surface area contributed by atoms with Crippen molar-refractivity contribution in [2.24, 2.45) is 0 Å². The molecule has 0 atom stereocenters. The molecule has 1 aliphatic heterocycles. The molecule has 1 aliphatic rings. The van der Waals surface area contributed by atoms with Crippen LogP contribution < -0.4 is 9.64 Å². The lowest BCUT2D eigenvalue weighted by molar-refractivity contribution is -0.120. The number of fused-ring (bicyclic) bond motifs is 1. The highest BCUT2D eigenvalue weighted by atomic mass is 28.3. The molecule has 1 N–H and O–H groups in total. The Morgan fingerprint density at radius 2 is 1.73 bits per heavy atom. The fraction of sp³-hybridized carbons (Fsp3) is 0.333. The maximum absolute atomic E-state index is 12.8. The van der Waals surface area contributed by atoms with Crippen LogP contribution in [-0.2, 0) is 22.9 Å². The summed E-state index contributed by atoms with van der Waals surface area (Å²) in [6.45, 7) is 8.58. The molecule has 3 heterocycles. The molecular weight excluding hydrogens is 538 g/mol. The van der Waals surface area contributed by atoms with Crippen LogP contribution in [0.15, 0.2) is 66.7 Å². The second-order valence-corrected chi connectivity index (χ2v) is 16.9. The first-order chi connectivity index (χ1) is 19.7. The van der Waals surface area contributed by atoms with E-state index in [1.807, 2.05) is 65.2 Å². The van der Waals surface area contributed by atoms with Crippen molar-refractivity contribution in [3.63, 3.8) is 0 Å². The zero-order valence-corrected chi connectivity index (χ0v) is 24.6. The molecule has 0 unspecified atom stereocenters. The van der Waals surface area contributed by atoms with Crippen molar-refractivity contribution < 1.29 is 24.2 Å². The van der Waals surface area contributed by atoms with E-state index in [1.54, 1.807) is 6.07 Å². The number of rotatable bonds is 10. The van der Waals surface area contributed by atoms with Crippen molar-refractivity contribution in [1.82, 2.24) is 19.4 Å². The van der Waals surface area contributed by atoms with Crippen LogP contribution in [0.4, 0.5) is 10.6 Å². The predicted molar refractivity (Wildman–Crippen MR) is 160 cm³/mol. The number of nitrogens with zero attached hydrogens (tertiary/aromatic N) is 5. The molecule has 41 heavy (non-hydrogen) atoms. The van der Waals surface area contributed by atoms with Gasteiger partial charge in [-0.15, -0.1) is 0 Å². The molecule has 1 fully saturated rings. The Balaban J connectivity index is 1.41. The van der Waals surface area contributed by atoms with Gasteiger partial charge in [0.25, 0.3) is 0 Å². The number of aromatic nitrogens is 3. The van der Waals surface area contributed by atoms with Crippen LogP contribution >= 0.6 is 0 Å². The maximum atomic E-state index is 12.8. The molecule has 0 radical (unpaired) electrons. The largest absolute Gasteiger partial charge is 0.489 e. The van der Waals surface area contributed by atoms with E-state index in [0.717, 1.165) is 27.8 Å². The summed E-state index contributed by atoms with van der Waals surface area (Å²) in [7, 11) is -1.27. The van der Waals surface area contributed by atoms with Gasteiger partial charge < -0.3 is 14.6 Å². The van der Waals surface area contributed by atoms with Gasteiger partial charge in [0.2, 0.25) is 5.91 Å². The van der Waals surface area contributed by atoms with Crippen molar-refractivity contribution in [3.05, 3.63) is 72.3 Å². The molecule has 5 rings (SSSR count). The van der Waals surface area contributed by atoms with E-state index in [2.05, 4.69) is 19.6 Å². The highest BCUT2D eigenvalue weighted by Crippen LogP contribution is 2.28. The summed E-state index contributed by atoms with van der Waals surface area (Å²) < 4.78 is 14.0. The van der Waals surface area contributed by atoms with Gasteiger partial charge in [0.15, 0.2) is 5.65 Å². The SMILES string of the molecule is C[Si](C)(C)CCOCn1c(-c2ccc(OCc3ccccc3)cc2)nc2ccc(N3CCN(C(=O)O)CC3=O)nc21. The summed E-state index contributed by atoms with van der Waals surface area (Å²) in [5, 5.41) is 9.26. The number of carboxylic acid groups (broad SMARTS) is 1. The van der Waals surface area contributed by atoms with Gasteiger partial charge in [-0.1, -0.05) is 50.0 Å². The third-order valence-corrected chi connectivity index (χ3v) is 8.63. The summed E-state index contributed by atoms with van der Waals surface area (Å²) >= 11 is 0. The number of pyridine rings is 1. The fourth-order valence-electron chi connectivity index (χ4n) is 4.54. The highest BCUT2D eigenvalue weighted by molar-refractivity contribution is 6.76. The minimum Gasteiger partial charge on any atom is -0.489 e. The molecule has 0 saturated carbocycles. The summed E-state index contributed by atoms with van der Waals surface area (Å²) in [5.74, 6) is 1.61. The highest BCUT2D eigenvalue weighted by Gasteiger charge is 2.29. The van der Waals surface area contributed by atoms with Gasteiger partial charge in [0.1, 0.15) is 42.8 Å². The number of hydrogen-bond donors (Lipinski definition) is 1. The number of ether oxygens (including phenoxy) is 2. The predicted octanol–water partition coefficient (Wildman–Crippen LogP) is 5.32. The molecule has 4 aromatic rings. The fourth-order valence-corrected chi connectivity index (χ4v) is 5.30. The van der Waals surface area contributed by atoms with Gasteiger partial charge in [-0.25, -0.2) is 14.8 Å². The van der Waals surface area contributed by atoms with Gasteiger partial charge >= 0.3 is 6.09 Å². The average molecular weight is 574 g/mol. The van der Waals surface area contributed by atoms with Gasteiger partial charge in [0.05, 0.1) is 0 Å². The van der Waals surface area contributed by atoms with Crippen LogP contribution in [-0.4, -0.2) is 70.9 Å². The Labute approximate surface area is 240 Å². The number of piperazine rings is 1. The van der Waals surface area contributed by atoms with Crippen molar-refractivity contribution >= 4 is 37.1 Å². The molecular formula is C30H35N5O5Si. The quantitative estimate of drug-likeness (QED) is 0.202. The molecule has 10 nitrogen and oxygen atoms in total. The Kier molecular flexibility index (Phi) is 8.36. The number of hydrogen-bond acceptors (Lipinski definition) is 6. The summed E-state index contributed by atoms with van der Waals surface area (Å²) in [6.07, 6.45) is -1.10. The second-order valence-electron chi connectivity index (χ2n) is 11.3. The van der Waals surface area contributed by atoms with Crippen LogP contribution in [0.25, 0.3) is 22.6 Å². The molecule has 2 amide bonds. The molecule has 1 saturated heterocycles. The number of carbonyl (C=O) groups excluding carboxylic acids is 1. The molecule has 11 heteroatoms. The van der Waals surface area contributed by atoms with Crippen LogP contribution in [0.1, 0.15) is 5.56 Å². The lowest BCUT2D eigenvalue weighted by atomic mass is 10.2. The summed E-state index contributed by atoms with van der Waals surface area (Å²) in [4.78, 5) is 36.4. The topological polar surface area (TPSA) is 110 Å². The third kappa shape index (κ3) is 6.92. The Morgan fingerprint density at radius 1 is 0.976 bits per heavy atom. The van der Waals surface area contributed by atoms with E-state index < -0.39 is 14.2 Å². The van der Waals surface area contributed by atoms with Crippen molar-refractivity contribution in [2.45, 2.75) is 39.0 Å². The smallest absolute Gasteiger partial charge is 0.407 e. The second kappa shape index (κ2) is 12.1. The van der Waals surface area contributed by atoms with E-state index in [4.69, 9.17) is 19.4 Å². The molecule has 0 bridgehead atoms. The first kappa shape index (κ1) is 28.3. The Bertz CT molecular complexity index is 1520. The summed E-state index contributed by atoms with van der Waals surface area (Å²) in [6, 6.07) is 22.4. The number of amides is 2. The normalized spacial score (nSPS) is 14.1. The zero-order chi connectivity index (χ0) is 29.0. The number of anilines is 1. The number of imidazole rings is 1. The Morgan fingerprint density at radius 3 is 2.41 bits per heavy atom. The molecule has 214 valence electrons. The minimum absolute atomic E-state index is 0.196. The van der Waals surface area contributed by atoms with Crippen LogP contribution in [0.3, 0.4) is 0 Å². The number of carbonyl (C=O) groups is 2. The van der Waals surface area contributed by atoms with Gasteiger partial charge in [-0.2, -0.15) is 0 Å². The third-order valence-electron chi connectivity index (χ3n) is 6.92. The van der Waals surface area contributed by atoms with E-state index in [9.17, 15) is 14.7 Å². The van der Waals surface area contributed by atoms with Crippen LogP contribution in [0.2, 0.25) is 25.7 Å². The van der Waals surface area contributed by atoms with Gasteiger partial charge in [-0.05, 0) is 48.0 Å². The maximum Gasteiger partial charge on any atom is 0.407 e. The number of benzene rings is 2. The van der Waals surface area contributed by atoms with E-state index >= 15 is 0 Å². The zero-order valence-electron chi connectivity index (χ0n) is 23.6.